The van der Waals surface area contributed by atoms with E-state index in [0.29, 0.717) is 19.6 Å². The van der Waals surface area contributed by atoms with Gasteiger partial charge in [0.25, 0.3) is 0 Å². The lowest BCUT2D eigenvalue weighted by atomic mass is 10.1. The summed E-state index contributed by atoms with van der Waals surface area (Å²) < 4.78 is 5.37. The molecular formula is C14H23NO2. The van der Waals surface area contributed by atoms with Gasteiger partial charge < -0.3 is 15.2 Å². The van der Waals surface area contributed by atoms with Crippen LogP contribution < -0.4 is 10.1 Å². The van der Waals surface area contributed by atoms with Crippen molar-refractivity contribution >= 4 is 0 Å². The summed E-state index contributed by atoms with van der Waals surface area (Å²) in [6.07, 6.45) is 1.46. The molecule has 0 spiro atoms. The third kappa shape index (κ3) is 5.71. The maximum Gasteiger partial charge on any atom is 0.119 e. The highest BCUT2D eigenvalue weighted by atomic mass is 16.5. The second-order valence-electron chi connectivity index (χ2n) is 4.14. The Morgan fingerprint density at radius 2 is 1.94 bits per heavy atom. The summed E-state index contributed by atoms with van der Waals surface area (Å²) in [5, 5.41) is 13.0. The molecule has 1 aromatic carbocycles. The van der Waals surface area contributed by atoms with E-state index in [2.05, 4.69) is 12.2 Å². The van der Waals surface area contributed by atoms with Crippen LogP contribution in [0.15, 0.2) is 24.3 Å². The largest absolute Gasteiger partial charge is 0.494 e. The lowest BCUT2D eigenvalue weighted by molar-refractivity contribution is 0.172. The Balaban J connectivity index is 2.34. The molecule has 3 nitrogen and oxygen atoms in total. The zero-order valence-electron chi connectivity index (χ0n) is 10.8. The quantitative estimate of drug-likeness (QED) is 0.679. The monoisotopic (exact) mass is 237 g/mol. The fourth-order valence-electron chi connectivity index (χ4n) is 1.68. The first kappa shape index (κ1) is 14.0. The first-order valence-corrected chi connectivity index (χ1v) is 6.36. The number of hydrogen-bond acceptors (Lipinski definition) is 3. The van der Waals surface area contributed by atoms with Gasteiger partial charge in [0.1, 0.15) is 5.75 Å². The molecule has 1 aromatic rings. The van der Waals surface area contributed by atoms with Gasteiger partial charge in [-0.25, -0.2) is 0 Å². The van der Waals surface area contributed by atoms with Crippen LogP contribution in [0.5, 0.6) is 5.75 Å². The van der Waals surface area contributed by atoms with Gasteiger partial charge in [-0.2, -0.15) is 0 Å². The van der Waals surface area contributed by atoms with Crippen molar-refractivity contribution in [2.24, 2.45) is 0 Å². The second-order valence-corrected chi connectivity index (χ2v) is 4.14. The fraction of sp³-hybridized carbons (Fsp3) is 0.571. The van der Waals surface area contributed by atoms with Crippen LogP contribution >= 0.6 is 0 Å². The molecule has 96 valence electrons. The van der Waals surface area contributed by atoms with E-state index in [4.69, 9.17) is 4.74 Å². The van der Waals surface area contributed by atoms with Gasteiger partial charge in [0, 0.05) is 6.54 Å². The standard InChI is InChI=1S/C14H23NO2/c1-3-9-15-11-13(16)10-12-5-7-14(8-6-12)17-4-2/h5-8,13,15-16H,3-4,9-11H2,1-2H3/t13-/m0/s1. The minimum atomic E-state index is -0.320. The molecule has 3 heteroatoms. The van der Waals surface area contributed by atoms with Crippen molar-refractivity contribution in [1.29, 1.82) is 0 Å². The summed E-state index contributed by atoms with van der Waals surface area (Å²) in [5.74, 6) is 0.884. The lowest BCUT2D eigenvalue weighted by Gasteiger charge is -2.12. The Morgan fingerprint density at radius 3 is 2.53 bits per heavy atom. The van der Waals surface area contributed by atoms with E-state index < -0.39 is 0 Å². The number of aliphatic hydroxyl groups is 1. The Labute approximate surface area is 104 Å². The summed E-state index contributed by atoms with van der Waals surface area (Å²) >= 11 is 0. The highest BCUT2D eigenvalue weighted by molar-refractivity contribution is 5.27. The predicted molar refractivity (Wildman–Crippen MR) is 70.5 cm³/mol. The SMILES string of the molecule is CCCNC[C@@H](O)Cc1ccc(OCC)cc1. The van der Waals surface area contributed by atoms with Crippen LogP contribution in [0.3, 0.4) is 0 Å². The Bertz CT molecular complexity index is 298. The van der Waals surface area contributed by atoms with E-state index in [1.807, 2.05) is 31.2 Å². The molecular weight excluding hydrogens is 214 g/mol. The van der Waals surface area contributed by atoms with Crippen molar-refractivity contribution in [3.05, 3.63) is 29.8 Å². The molecule has 0 bridgehead atoms. The number of benzene rings is 1. The zero-order valence-corrected chi connectivity index (χ0v) is 10.8. The average Bonchev–Trinajstić information content (AvgIpc) is 2.32. The molecule has 1 atom stereocenters. The van der Waals surface area contributed by atoms with Gasteiger partial charge in [-0.1, -0.05) is 19.1 Å². The molecule has 1 rings (SSSR count). The molecule has 0 radical (unpaired) electrons. The van der Waals surface area contributed by atoms with Gasteiger partial charge in [0.05, 0.1) is 12.7 Å². The molecule has 0 saturated heterocycles. The highest BCUT2D eigenvalue weighted by Crippen LogP contribution is 2.13. The molecule has 0 heterocycles. The predicted octanol–water partition coefficient (Wildman–Crippen LogP) is 1.99. The third-order valence-electron chi connectivity index (χ3n) is 2.51. The van der Waals surface area contributed by atoms with Gasteiger partial charge in [-0.05, 0) is 44.0 Å². The molecule has 0 aliphatic rings. The van der Waals surface area contributed by atoms with Crippen LogP contribution in [0.1, 0.15) is 25.8 Å². The number of rotatable bonds is 8. The molecule has 0 unspecified atom stereocenters. The number of aliphatic hydroxyl groups excluding tert-OH is 1. The summed E-state index contributed by atoms with van der Waals surface area (Å²) in [6, 6.07) is 7.91. The maximum atomic E-state index is 9.81. The van der Waals surface area contributed by atoms with Crippen molar-refractivity contribution in [3.63, 3.8) is 0 Å². The molecule has 2 N–H and O–H groups in total. The van der Waals surface area contributed by atoms with Crippen LogP contribution in [0.2, 0.25) is 0 Å². The van der Waals surface area contributed by atoms with Gasteiger partial charge in [-0.3, -0.25) is 0 Å². The van der Waals surface area contributed by atoms with Crippen LogP contribution in [0.25, 0.3) is 0 Å². The van der Waals surface area contributed by atoms with Gasteiger partial charge >= 0.3 is 0 Å². The maximum absolute atomic E-state index is 9.81. The van der Waals surface area contributed by atoms with Gasteiger partial charge in [0.15, 0.2) is 0 Å². The highest BCUT2D eigenvalue weighted by Gasteiger charge is 2.04. The van der Waals surface area contributed by atoms with Crippen molar-refractivity contribution in [1.82, 2.24) is 5.32 Å². The fourth-order valence-corrected chi connectivity index (χ4v) is 1.68. The Kier molecular flexibility index (Phi) is 6.67. The minimum absolute atomic E-state index is 0.320. The van der Waals surface area contributed by atoms with E-state index in [1.54, 1.807) is 0 Å². The van der Waals surface area contributed by atoms with Crippen LogP contribution in [0.4, 0.5) is 0 Å². The van der Waals surface area contributed by atoms with Crippen LogP contribution in [-0.2, 0) is 6.42 Å². The Hall–Kier alpha value is -1.06. The third-order valence-corrected chi connectivity index (χ3v) is 2.51. The molecule has 0 aromatic heterocycles. The summed E-state index contributed by atoms with van der Waals surface area (Å²) in [6.45, 7) is 6.38. The first-order valence-electron chi connectivity index (χ1n) is 6.36. The second kappa shape index (κ2) is 8.09. The summed E-state index contributed by atoms with van der Waals surface area (Å²) in [5.41, 5.74) is 1.14. The van der Waals surface area contributed by atoms with E-state index in [-0.39, 0.29) is 6.10 Å². The zero-order chi connectivity index (χ0) is 12.5. The van der Waals surface area contributed by atoms with Crippen molar-refractivity contribution in [2.45, 2.75) is 32.8 Å². The van der Waals surface area contributed by atoms with Crippen LogP contribution in [-0.4, -0.2) is 30.9 Å². The summed E-state index contributed by atoms with van der Waals surface area (Å²) in [7, 11) is 0. The molecule has 17 heavy (non-hydrogen) atoms. The topological polar surface area (TPSA) is 41.5 Å². The average molecular weight is 237 g/mol. The number of hydrogen-bond donors (Lipinski definition) is 2. The molecule has 0 amide bonds. The molecule has 0 saturated carbocycles. The van der Waals surface area contributed by atoms with Gasteiger partial charge in [0.2, 0.25) is 0 Å². The number of ether oxygens (including phenoxy) is 1. The van der Waals surface area contributed by atoms with Crippen molar-refractivity contribution < 1.29 is 9.84 Å². The van der Waals surface area contributed by atoms with E-state index in [1.165, 1.54) is 0 Å². The van der Waals surface area contributed by atoms with E-state index in [0.717, 1.165) is 24.3 Å². The van der Waals surface area contributed by atoms with E-state index in [9.17, 15) is 5.11 Å². The lowest BCUT2D eigenvalue weighted by Crippen LogP contribution is -2.28. The molecule has 0 aliphatic carbocycles. The molecule has 0 fully saturated rings. The number of nitrogens with one attached hydrogen (secondary N) is 1. The van der Waals surface area contributed by atoms with E-state index >= 15 is 0 Å². The normalized spacial score (nSPS) is 12.4. The van der Waals surface area contributed by atoms with Crippen LogP contribution in [0, 0.1) is 0 Å². The van der Waals surface area contributed by atoms with Crippen molar-refractivity contribution in [2.75, 3.05) is 19.7 Å². The Morgan fingerprint density at radius 1 is 1.24 bits per heavy atom. The summed E-state index contributed by atoms with van der Waals surface area (Å²) in [4.78, 5) is 0. The first-order chi connectivity index (χ1) is 8.26. The smallest absolute Gasteiger partial charge is 0.119 e. The molecule has 0 aliphatic heterocycles. The van der Waals surface area contributed by atoms with Gasteiger partial charge in [-0.15, -0.1) is 0 Å². The minimum Gasteiger partial charge on any atom is -0.494 e. The van der Waals surface area contributed by atoms with Crippen molar-refractivity contribution in [3.8, 4) is 5.75 Å².